The molecular formula is C17H23N5OS. The lowest BCUT2D eigenvalue weighted by Gasteiger charge is -2.25. The molecular weight excluding hydrogens is 322 g/mol. The maximum atomic E-state index is 12.3. The van der Waals surface area contributed by atoms with Gasteiger partial charge in [0, 0.05) is 43.5 Å². The van der Waals surface area contributed by atoms with Crippen LogP contribution in [0.15, 0.2) is 17.5 Å². The molecule has 0 spiro atoms. The van der Waals surface area contributed by atoms with Crippen LogP contribution in [0.1, 0.15) is 35.2 Å². The Balaban J connectivity index is 1.46. The lowest BCUT2D eigenvalue weighted by molar-refractivity contribution is 0.0924. The number of thiophene rings is 1. The second-order valence-corrected chi connectivity index (χ2v) is 8.21. The zero-order valence-corrected chi connectivity index (χ0v) is 14.9. The molecule has 7 heteroatoms. The van der Waals surface area contributed by atoms with Gasteiger partial charge in [0.25, 0.3) is 5.91 Å². The van der Waals surface area contributed by atoms with Crippen LogP contribution in [0.4, 0.5) is 0 Å². The highest BCUT2D eigenvalue weighted by Gasteiger charge is 2.39. The van der Waals surface area contributed by atoms with Crippen molar-refractivity contribution in [1.29, 1.82) is 0 Å². The summed E-state index contributed by atoms with van der Waals surface area (Å²) in [5, 5.41) is 13.5. The normalized spacial score (nSPS) is 23.3. The summed E-state index contributed by atoms with van der Waals surface area (Å²) in [6, 6.07) is 4.43. The fourth-order valence-electron chi connectivity index (χ4n) is 3.87. The number of likely N-dealkylation sites (tertiary alicyclic amines) is 1. The van der Waals surface area contributed by atoms with Crippen molar-refractivity contribution in [3.8, 4) is 0 Å². The van der Waals surface area contributed by atoms with Crippen molar-refractivity contribution in [3.63, 3.8) is 0 Å². The van der Waals surface area contributed by atoms with Crippen molar-refractivity contribution < 1.29 is 4.79 Å². The highest BCUT2D eigenvalue weighted by atomic mass is 32.1. The SMILES string of the molecule is CC(C)NC(=O)c1nnc2n1C[C@H]1CN(Cc3cccs3)C[C@@H]1C2. The van der Waals surface area contributed by atoms with E-state index in [0.717, 1.165) is 38.4 Å². The average Bonchev–Trinajstić information content (AvgIpc) is 3.22. The van der Waals surface area contributed by atoms with Gasteiger partial charge in [-0.05, 0) is 37.1 Å². The number of carbonyl (C=O) groups excluding carboxylic acids is 1. The molecule has 0 aliphatic carbocycles. The molecule has 2 aromatic rings. The number of amides is 1. The van der Waals surface area contributed by atoms with Gasteiger partial charge in [-0.1, -0.05) is 6.07 Å². The quantitative estimate of drug-likeness (QED) is 0.917. The van der Waals surface area contributed by atoms with E-state index in [9.17, 15) is 4.79 Å². The molecule has 2 atom stereocenters. The first kappa shape index (κ1) is 15.8. The zero-order chi connectivity index (χ0) is 16.7. The first-order valence-electron chi connectivity index (χ1n) is 8.58. The lowest BCUT2D eigenvalue weighted by atomic mass is 9.89. The minimum absolute atomic E-state index is 0.106. The van der Waals surface area contributed by atoms with E-state index in [0.29, 0.717) is 17.7 Å². The van der Waals surface area contributed by atoms with Gasteiger partial charge in [-0.25, -0.2) is 0 Å². The van der Waals surface area contributed by atoms with E-state index in [1.807, 2.05) is 29.8 Å². The molecule has 0 saturated carbocycles. The Bertz CT molecular complexity index is 723. The number of hydrogen-bond acceptors (Lipinski definition) is 5. The summed E-state index contributed by atoms with van der Waals surface area (Å²) < 4.78 is 2.04. The molecule has 4 rings (SSSR count). The summed E-state index contributed by atoms with van der Waals surface area (Å²) in [7, 11) is 0. The van der Waals surface area contributed by atoms with Crippen LogP contribution in [0.5, 0.6) is 0 Å². The van der Waals surface area contributed by atoms with Crippen molar-refractivity contribution in [2.75, 3.05) is 13.1 Å². The van der Waals surface area contributed by atoms with Crippen LogP contribution in [0.25, 0.3) is 0 Å². The van der Waals surface area contributed by atoms with Crippen LogP contribution >= 0.6 is 11.3 Å². The standard InChI is InChI=1S/C17H23N5OS/c1-11(2)18-17(23)16-20-19-15-6-12-7-21(8-13(12)9-22(15)16)10-14-4-3-5-24-14/h3-5,11-13H,6-10H2,1-2H3,(H,18,23)/t12-,13+/m0/s1. The Morgan fingerprint density at radius 2 is 2.17 bits per heavy atom. The number of nitrogens with one attached hydrogen (secondary N) is 1. The molecule has 2 aliphatic rings. The number of fused-ring (bicyclic) bond motifs is 2. The third-order valence-electron chi connectivity index (χ3n) is 4.92. The maximum Gasteiger partial charge on any atom is 0.289 e. The Morgan fingerprint density at radius 3 is 2.92 bits per heavy atom. The Kier molecular flexibility index (Phi) is 4.14. The molecule has 1 fully saturated rings. The molecule has 2 aromatic heterocycles. The molecule has 1 N–H and O–H groups in total. The number of aromatic nitrogens is 3. The van der Waals surface area contributed by atoms with Gasteiger partial charge >= 0.3 is 0 Å². The van der Waals surface area contributed by atoms with Crippen molar-refractivity contribution >= 4 is 17.2 Å². The Hall–Kier alpha value is -1.73. The van der Waals surface area contributed by atoms with E-state index < -0.39 is 0 Å². The van der Waals surface area contributed by atoms with E-state index in [2.05, 4.69) is 37.9 Å². The van der Waals surface area contributed by atoms with Crippen molar-refractivity contribution in [2.24, 2.45) is 11.8 Å². The molecule has 2 aliphatic heterocycles. The molecule has 0 bridgehead atoms. The van der Waals surface area contributed by atoms with E-state index in [4.69, 9.17) is 0 Å². The van der Waals surface area contributed by atoms with Gasteiger partial charge in [0.05, 0.1) is 0 Å². The minimum atomic E-state index is -0.115. The Morgan fingerprint density at radius 1 is 1.33 bits per heavy atom. The van der Waals surface area contributed by atoms with E-state index in [1.165, 1.54) is 4.88 Å². The van der Waals surface area contributed by atoms with Crippen molar-refractivity contribution in [1.82, 2.24) is 25.0 Å². The smallest absolute Gasteiger partial charge is 0.289 e. The van der Waals surface area contributed by atoms with Crippen molar-refractivity contribution in [2.45, 2.75) is 39.4 Å². The predicted molar refractivity (Wildman–Crippen MR) is 92.9 cm³/mol. The van der Waals surface area contributed by atoms with E-state index in [1.54, 1.807) is 0 Å². The molecule has 128 valence electrons. The minimum Gasteiger partial charge on any atom is -0.347 e. The third-order valence-corrected chi connectivity index (χ3v) is 5.78. The number of carbonyl (C=O) groups is 1. The molecule has 0 radical (unpaired) electrons. The second kappa shape index (κ2) is 6.29. The van der Waals surface area contributed by atoms with Crippen LogP contribution in [-0.2, 0) is 19.5 Å². The average molecular weight is 345 g/mol. The summed E-state index contributed by atoms with van der Waals surface area (Å²) in [6.07, 6.45) is 0.924. The zero-order valence-electron chi connectivity index (χ0n) is 14.1. The number of nitrogens with zero attached hydrogens (tertiary/aromatic N) is 4. The molecule has 4 heterocycles. The second-order valence-electron chi connectivity index (χ2n) is 7.18. The molecule has 1 amide bonds. The highest BCUT2D eigenvalue weighted by molar-refractivity contribution is 7.09. The molecule has 1 saturated heterocycles. The van der Waals surface area contributed by atoms with Gasteiger partial charge in [0.2, 0.25) is 5.82 Å². The predicted octanol–water partition coefficient (Wildman–Crippen LogP) is 1.78. The van der Waals surface area contributed by atoms with Crippen LogP contribution in [0.3, 0.4) is 0 Å². The van der Waals surface area contributed by atoms with Crippen LogP contribution in [0, 0.1) is 11.8 Å². The summed E-state index contributed by atoms with van der Waals surface area (Å²) in [4.78, 5) is 16.3. The van der Waals surface area contributed by atoms with Crippen LogP contribution < -0.4 is 5.32 Å². The molecule has 0 aromatic carbocycles. The first-order chi connectivity index (χ1) is 11.6. The summed E-state index contributed by atoms with van der Waals surface area (Å²) in [5.74, 6) is 2.52. The van der Waals surface area contributed by atoms with Crippen molar-refractivity contribution in [3.05, 3.63) is 34.0 Å². The van der Waals surface area contributed by atoms with E-state index in [-0.39, 0.29) is 11.9 Å². The molecule has 24 heavy (non-hydrogen) atoms. The maximum absolute atomic E-state index is 12.3. The monoisotopic (exact) mass is 345 g/mol. The lowest BCUT2D eigenvalue weighted by Crippen LogP contribution is -2.35. The molecule has 0 unspecified atom stereocenters. The van der Waals surface area contributed by atoms with Crippen LogP contribution in [0.2, 0.25) is 0 Å². The van der Waals surface area contributed by atoms with Crippen LogP contribution in [-0.4, -0.2) is 44.7 Å². The summed E-state index contributed by atoms with van der Waals surface area (Å²) in [5.41, 5.74) is 0. The summed E-state index contributed by atoms with van der Waals surface area (Å²) in [6.45, 7) is 8.01. The van der Waals surface area contributed by atoms with Gasteiger partial charge in [-0.3, -0.25) is 9.69 Å². The third kappa shape index (κ3) is 2.98. The number of rotatable bonds is 4. The van der Waals surface area contributed by atoms with Gasteiger partial charge < -0.3 is 9.88 Å². The van der Waals surface area contributed by atoms with Gasteiger partial charge in [0.15, 0.2) is 0 Å². The Labute approximate surface area is 145 Å². The molecule has 6 nitrogen and oxygen atoms in total. The van der Waals surface area contributed by atoms with Gasteiger partial charge in [0.1, 0.15) is 5.82 Å². The fraction of sp³-hybridized carbons (Fsp3) is 0.588. The van der Waals surface area contributed by atoms with E-state index >= 15 is 0 Å². The van der Waals surface area contributed by atoms with Gasteiger partial charge in [-0.15, -0.1) is 21.5 Å². The largest absolute Gasteiger partial charge is 0.347 e. The fourth-order valence-corrected chi connectivity index (χ4v) is 4.61. The first-order valence-corrected chi connectivity index (χ1v) is 9.46. The van der Waals surface area contributed by atoms with Gasteiger partial charge in [-0.2, -0.15) is 0 Å². The number of hydrogen-bond donors (Lipinski definition) is 1. The summed E-state index contributed by atoms with van der Waals surface area (Å²) >= 11 is 1.82. The topological polar surface area (TPSA) is 63.1 Å². The highest BCUT2D eigenvalue weighted by Crippen LogP contribution is 2.33.